The van der Waals surface area contributed by atoms with Crippen LogP contribution in [-0.2, 0) is 4.79 Å². The molecule has 0 bridgehead atoms. The third-order valence-corrected chi connectivity index (χ3v) is 11.2. The van der Waals surface area contributed by atoms with Crippen LogP contribution in [0, 0.1) is 39.4 Å². The molecule has 3 heteroatoms. The molecule has 4 aliphatic rings. The summed E-state index contributed by atoms with van der Waals surface area (Å²) in [4.78, 5) is 12.4. The summed E-state index contributed by atoms with van der Waals surface area (Å²) in [7, 11) is 0. The van der Waals surface area contributed by atoms with Gasteiger partial charge < -0.3 is 10.2 Å². The standard InChI is InChI=1S/C31H48O3/c1-20(2)9-8-10-21(3)22-14-18-31(19-27(33)34)24-11-12-25-28(4,5)26(32)15-16-29(25,6)23(24)13-17-30(22,31)7/h9,14,18,21-22,25-26,32H,8,10-13,15-17,19H2,1-7H3,(H,33,34)/t21-,22-,25?,26+,29-,30-,31-/m1/s1. The Morgan fingerprint density at radius 2 is 1.82 bits per heavy atom. The number of hydrogen-bond donors (Lipinski definition) is 2. The zero-order valence-electron chi connectivity index (χ0n) is 22.7. The molecule has 0 aromatic carbocycles. The predicted octanol–water partition coefficient (Wildman–Crippen LogP) is 7.71. The number of carboxylic acids is 1. The summed E-state index contributed by atoms with van der Waals surface area (Å²) in [5.74, 6) is 0.735. The highest BCUT2D eigenvalue weighted by molar-refractivity contribution is 5.70. The second kappa shape index (κ2) is 8.64. The van der Waals surface area contributed by atoms with Crippen molar-refractivity contribution in [1.29, 1.82) is 0 Å². The molecule has 0 saturated heterocycles. The lowest BCUT2D eigenvalue weighted by molar-refractivity contribution is -0.141. The van der Waals surface area contributed by atoms with E-state index in [2.05, 4.69) is 66.7 Å². The first-order valence-electron chi connectivity index (χ1n) is 13.7. The molecule has 0 aliphatic heterocycles. The second-order valence-electron chi connectivity index (χ2n) is 13.5. The molecule has 7 atom stereocenters. The Labute approximate surface area is 207 Å². The van der Waals surface area contributed by atoms with Gasteiger partial charge in [-0.3, -0.25) is 4.79 Å². The monoisotopic (exact) mass is 468 g/mol. The largest absolute Gasteiger partial charge is 0.481 e. The van der Waals surface area contributed by atoms with Crippen LogP contribution in [0.3, 0.4) is 0 Å². The number of carboxylic acid groups (broad SMARTS) is 1. The van der Waals surface area contributed by atoms with Crippen LogP contribution < -0.4 is 0 Å². The molecule has 190 valence electrons. The van der Waals surface area contributed by atoms with Gasteiger partial charge in [-0.2, -0.15) is 0 Å². The molecule has 1 unspecified atom stereocenters. The molecule has 2 N–H and O–H groups in total. The van der Waals surface area contributed by atoms with Crippen molar-refractivity contribution >= 4 is 5.97 Å². The van der Waals surface area contributed by atoms with Crippen LogP contribution in [0.5, 0.6) is 0 Å². The summed E-state index contributed by atoms with van der Waals surface area (Å²) in [5, 5.41) is 21.0. The molecule has 1 saturated carbocycles. The molecule has 1 fully saturated rings. The Hall–Kier alpha value is -1.35. The highest BCUT2D eigenvalue weighted by atomic mass is 16.4. The normalized spacial score (nSPS) is 41.4. The smallest absolute Gasteiger partial charge is 0.304 e. The van der Waals surface area contributed by atoms with Gasteiger partial charge in [-0.1, -0.05) is 69.6 Å². The number of aliphatic hydroxyl groups is 1. The third kappa shape index (κ3) is 3.67. The van der Waals surface area contributed by atoms with Gasteiger partial charge >= 0.3 is 5.97 Å². The van der Waals surface area contributed by atoms with Crippen molar-refractivity contribution < 1.29 is 15.0 Å². The van der Waals surface area contributed by atoms with Gasteiger partial charge in [0.1, 0.15) is 0 Å². The molecule has 0 aromatic rings. The first-order chi connectivity index (χ1) is 15.8. The average Bonchev–Trinajstić information content (AvgIpc) is 3.03. The van der Waals surface area contributed by atoms with Crippen molar-refractivity contribution in [2.75, 3.05) is 0 Å². The number of allylic oxidation sites excluding steroid dienone is 6. The van der Waals surface area contributed by atoms with E-state index in [1.807, 2.05) is 0 Å². The summed E-state index contributed by atoms with van der Waals surface area (Å²) in [6.45, 7) is 16.1. The lowest BCUT2D eigenvalue weighted by Gasteiger charge is -2.62. The quantitative estimate of drug-likeness (QED) is 0.392. The van der Waals surface area contributed by atoms with Gasteiger partial charge in [0, 0.05) is 5.41 Å². The number of hydrogen-bond acceptors (Lipinski definition) is 2. The van der Waals surface area contributed by atoms with E-state index in [0.717, 1.165) is 51.4 Å². The average molecular weight is 469 g/mol. The van der Waals surface area contributed by atoms with Crippen molar-refractivity contribution in [2.24, 2.45) is 39.4 Å². The fourth-order valence-electron chi connectivity index (χ4n) is 9.23. The number of rotatable bonds is 6. The van der Waals surface area contributed by atoms with Gasteiger partial charge in [-0.05, 0) is 99.2 Å². The van der Waals surface area contributed by atoms with Crippen LogP contribution in [0.1, 0.15) is 106 Å². The maximum absolute atomic E-state index is 12.4. The van der Waals surface area contributed by atoms with Crippen molar-refractivity contribution in [2.45, 2.75) is 112 Å². The molecular formula is C31H48O3. The summed E-state index contributed by atoms with van der Waals surface area (Å²) in [6, 6.07) is 0. The number of carbonyl (C=O) groups is 1. The van der Waals surface area contributed by atoms with E-state index >= 15 is 0 Å². The number of aliphatic carboxylic acids is 1. The molecule has 0 aromatic heterocycles. The van der Waals surface area contributed by atoms with E-state index in [9.17, 15) is 15.0 Å². The molecule has 0 spiro atoms. The fourth-order valence-corrected chi connectivity index (χ4v) is 9.23. The van der Waals surface area contributed by atoms with Crippen LogP contribution >= 0.6 is 0 Å². The van der Waals surface area contributed by atoms with Crippen molar-refractivity contribution in [3.63, 3.8) is 0 Å². The van der Waals surface area contributed by atoms with Gasteiger partial charge in [0.15, 0.2) is 0 Å². The SMILES string of the molecule is CC(C)=CCC[C@@H](C)[C@H]1C=C[C@@]2(CC(=O)O)C3=C(CC[C@]12C)[C@@]1(C)CC[C@H](O)C(C)(C)C1CC3. The Balaban J connectivity index is 1.75. The molecule has 3 nitrogen and oxygen atoms in total. The van der Waals surface area contributed by atoms with Gasteiger partial charge in [0.05, 0.1) is 12.5 Å². The Kier molecular flexibility index (Phi) is 6.54. The van der Waals surface area contributed by atoms with E-state index in [0.29, 0.717) is 17.8 Å². The molecule has 4 aliphatic carbocycles. The second-order valence-corrected chi connectivity index (χ2v) is 13.5. The molecule has 0 amide bonds. The molecule has 0 heterocycles. The topological polar surface area (TPSA) is 57.5 Å². The van der Waals surface area contributed by atoms with Gasteiger partial charge in [-0.15, -0.1) is 0 Å². The predicted molar refractivity (Wildman–Crippen MR) is 139 cm³/mol. The van der Waals surface area contributed by atoms with E-state index in [1.54, 1.807) is 5.57 Å². The highest BCUT2D eigenvalue weighted by Crippen LogP contribution is 2.71. The van der Waals surface area contributed by atoms with E-state index in [-0.39, 0.29) is 34.2 Å². The Bertz CT molecular complexity index is 919. The first-order valence-corrected chi connectivity index (χ1v) is 13.7. The minimum atomic E-state index is -0.672. The van der Waals surface area contributed by atoms with Gasteiger partial charge in [-0.25, -0.2) is 0 Å². The first kappa shape index (κ1) is 25.7. The number of aliphatic hydroxyl groups excluding tert-OH is 1. The van der Waals surface area contributed by atoms with Crippen molar-refractivity contribution in [1.82, 2.24) is 0 Å². The van der Waals surface area contributed by atoms with E-state index in [1.165, 1.54) is 11.1 Å². The summed E-state index contributed by atoms with van der Waals surface area (Å²) < 4.78 is 0. The summed E-state index contributed by atoms with van der Waals surface area (Å²) in [5.41, 5.74) is 3.97. The fraction of sp³-hybridized carbons (Fsp3) is 0.774. The zero-order valence-corrected chi connectivity index (χ0v) is 22.7. The lowest BCUT2D eigenvalue weighted by atomic mass is 9.42. The maximum atomic E-state index is 12.4. The zero-order chi connectivity index (χ0) is 25.1. The van der Waals surface area contributed by atoms with Crippen LogP contribution in [0.2, 0.25) is 0 Å². The highest BCUT2D eigenvalue weighted by Gasteiger charge is 2.63. The van der Waals surface area contributed by atoms with Gasteiger partial charge in [0.2, 0.25) is 0 Å². The molecular weight excluding hydrogens is 420 g/mol. The Morgan fingerprint density at radius 1 is 1.12 bits per heavy atom. The molecule has 4 rings (SSSR count). The number of fused-ring (bicyclic) bond motifs is 4. The minimum Gasteiger partial charge on any atom is -0.481 e. The van der Waals surface area contributed by atoms with Crippen molar-refractivity contribution in [3.8, 4) is 0 Å². The van der Waals surface area contributed by atoms with E-state index in [4.69, 9.17) is 0 Å². The molecule has 34 heavy (non-hydrogen) atoms. The molecule has 0 radical (unpaired) electrons. The van der Waals surface area contributed by atoms with Crippen LogP contribution in [0.15, 0.2) is 34.9 Å². The van der Waals surface area contributed by atoms with Crippen LogP contribution in [0.25, 0.3) is 0 Å². The third-order valence-electron chi connectivity index (χ3n) is 11.2. The summed E-state index contributed by atoms with van der Waals surface area (Å²) >= 11 is 0. The summed E-state index contributed by atoms with van der Waals surface area (Å²) in [6.07, 6.45) is 15.4. The lowest BCUT2D eigenvalue weighted by Crippen LogP contribution is -2.55. The minimum absolute atomic E-state index is 0.0402. The van der Waals surface area contributed by atoms with E-state index < -0.39 is 5.97 Å². The maximum Gasteiger partial charge on any atom is 0.304 e. The van der Waals surface area contributed by atoms with Crippen LogP contribution in [-0.4, -0.2) is 22.3 Å². The van der Waals surface area contributed by atoms with Gasteiger partial charge in [0.25, 0.3) is 0 Å². The van der Waals surface area contributed by atoms with Crippen LogP contribution in [0.4, 0.5) is 0 Å². The Morgan fingerprint density at radius 3 is 2.47 bits per heavy atom. The van der Waals surface area contributed by atoms with Crippen molar-refractivity contribution in [3.05, 3.63) is 34.9 Å².